The zero-order chi connectivity index (χ0) is 22.2. The van der Waals surface area contributed by atoms with E-state index in [0.717, 1.165) is 0 Å². The molecule has 3 rings (SSSR count). The van der Waals surface area contributed by atoms with Gasteiger partial charge in [-0.05, 0) is 61.0 Å². The third kappa shape index (κ3) is 6.05. The Hall–Kier alpha value is -3.87. The topological polar surface area (TPSA) is 76.7 Å². The second kappa shape index (κ2) is 10.2. The summed E-state index contributed by atoms with van der Waals surface area (Å²) in [6.07, 6.45) is 0. The molecule has 0 aliphatic rings. The highest BCUT2D eigenvalue weighted by atomic mass is 19.1. The maximum atomic E-state index is 13.8. The van der Waals surface area contributed by atoms with E-state index in [9.17, 15) is 14.0 Å². The van der Waals surface area contributed by atoms with Gasteiger partial charge in [0, 0.05) is 5.56 Å². The number of para-hydroxylation sites is 1. The van der Waals surface area contributed by atoms with Crippen LogP contribution in [0.1, 0.15) is 28.9 Å². The first-order valence-corrected chi connectivity index (χ1v) is 9.70. The summed E-state index contributed by atoms with van der Waals surface area (Å²) in [6, 6.07) is 20.0. The summed E-state index contributed by atoms with van der Waals surface area (Å²) in [7, 11) is 1.38. The third-order valence-electron chi connectivity index (χ3n) is 4.56. The van der Waals surface area contributed by atoms with Crippen molar-refractivity contribution < 1.29 is 23.5 Å². The molecule has 0 saturated carbocycles. The molecule has 7 heteroatoms. The lowest BCUT2D eigenvalue weighted by Gasteiger charge is -2.15. The molecular formula is C24H23FN2O4. The van der Waals surface area contributed by atoms with Crippen molar-refractivity contribution in [3.8, 4) is 17.2 Å². The van der Waals surface area contributed by atoms with E-state index in [1.807, 2.05) is 30.3 Å². The van der Waals surface area contributed by atoms with Crippen LogP contribution in [-0.4, -0.2) is 25.5 Å². The van der Waals surface area contributed by atoms with Crippen LogP contribution >= 0.6 is 0 Å². The number of methoxy groups -OCH3 is 1. The number of nitrogens with one attached hydrogen (secondary N) is 2. The van der Waals surface area contributed by atoms with Crippen LogP contribution in [0.4, 0.5) is 4.39 Å². The van der Waals surface area contributed by atoms with Crippen molar-refractivity contribution in [1.82, 2.24) is 10.6 Å². The lowest BCUT2D eigenvalue weighted by atomic mass is 10.1. The molecule has 2 amide bonds. The Morgan fingerprint density at radius 3 is 2.29 bits per heavy atom. The minimum atomic E-state index is -0.505. The molecule has 0 heterocycles. The van der Waals surface area contributed by atoms with Crippen LogP contribution in [0.2, 0.25) is 0 Å². The van der Waals surface area contributed by atoms with E-state index in [0.29, 0.717) is 22.6 Å². The molecule has 31 heavy (non-hydrogen) atoms. The van der Waals surface area contributed by atoms with Crippen LogP contribution < -0.4 is 20.1 Å². The average Bonchev–Trinajstić information content (AvgIpc) is 2.78. The third-order valence-corrected chi connectivity index (χ3v) is 4.56. The summed E-state index contributed by atoms with van der Waals surface area (Å²) in [5.41, 5.74) is 0.991. The van der Waals surface area contributed by atoms with Gasteiger partial charge in [0.1, 0.15) is 11.5 Å². The molecular weight excluding hydrogens is 399 g/mol. The fourth-order valence-electron chi connectivity index (χ4n) is 2.89. The molecule has 1 atom stereocenters. The number of hydrogen-bond acceptors (Lipinski definition) is 4. The highest BCUT2D eigenvalue weighted by Crippen LogP contribution is 2.22. The molecule has 0 fully saturated rings. The summed E-state index contributed by atoms with van der Waals surface area (Å²) in [4.78, 5) is 24.5. The Labute approximate surface area is 180 Å². The Morgan fingerprint density at radius 1 is 0.968 bits per heavy atom. The number of rotatable bonds is 8. The Balaban J connectivity index is 1.49. The van der Waals surface area contributed by atoms with Crippen molar-refractivity contribution in [3.05, 3.63) is 89.7 Å². The first-order valence-electron chi connectivity index (χ1n) is 9.70. The Morgan fingerprint density at radius 2 is 1.65 bits per heavy atom. The van der Waals surface area contributed by atoms with Crippen molar-refractivity contribution >= 4 is 11.8 Å². The van der Waals surface area contributed by atoms with Gasteiger partial charge in [0.05, 0.1) is 19.7 Å². The zero-order valence-electron chi connectivity index (χ0n) is 17.2. The number of ether oxygens (including phenoxy) is 2. The molecule has 3 aromatic rings. The Kier molecular flexibility index (Phi) is 7.22. The highest BCUT2D eigenvalue weighted by molar-refractivity contribution is 5.96. The van der Waals surface area contributed by atoms with Gasteiger partial charge in [-0.1, -0.05) is 24.3 Å². The van der Waals surface area contributed by atoms with E-state index in [1.54, 1.807) is 37.3 Å². The normalized spacial score (nSPS) is 11.3. The summed E-state index contributed by atoms with van der Waals surface area (Å²) in [5, 5.41) is 5.29. The number of benzene rings is 3. The van der Waals surface area contributed by atoms with Gasteiger partial charge in [-0.2, -0.15) is 0 Å². The largest absolute Gasteiger partial charge is 0.494 e. The van der Waals surface area contributed by atoms with Gasteiger partial charge in [-0.3, -0.25) is 9.59 Å². The van der Waals surface area contributed by atoms with Crippen molar-refractivity contribution in [2.75, 3.05) is 13.7 Å². The van der Waals surface area contributed by atoms with Crippen molar-refractivity contribution in [2.45, 2.75) is 13.0 Å². The standard InChI is InChI=1S/C24H23FN2O4/c1-16(18-10-13-22(30-2)21(25)14-18)27-23(28)15-26-24(29)17-8-11-20(12-9-17)31-19-6-4-3-5-7-19/h3-14,16H,15H2,1-2H3,(H,26,29)(H,27,28)/t16-/m0/s1. The van der Waals surface area contributed by atoms with Crippen LogP contribution in [-0.2, 0) is 4.79 Å². The first-order chi connectivity index (χ1) is 15.0. The van der Waals surface area contributed by atoms with Gasteiger partial charge in [0.2, 0.25) is 5.91 Å². The molecule has 0 aliphatic heterocycles. The molecule has 3 aromatic carbocycles. The van der Waals surface area contributed by atoms with Crippen LogP contribution in [0.25, 0.3) is 0 Å². The van der Waals surface area contributed by atoms with E-state index in [4.69, 9.17) is 9.47 Å². The number of carbonyl (C=O) groups is 2. The minimum absolute atomic E-state index is 0.134. The van der Waals surface area contributed by atoms with Gasteiger partial charge in [-0.15, -0.1) is 0 Å². The fourth-order valence-corrected chi connectivity index (χ4v) is 2.89. The number of carbonyl (C=O) groups excluding carboxylic acids is 2. The molecule has 0 aliphatic carbocycles. The van der Waals surface area contributed by atoms with E-state index in [2.05, 4.69) is 10.6 Å². The second-order valence-electron chi connectivity index (χ2n) is 6.81. The monoisotopic (exact) mass is 422 g/mol. The SMILES string of the molecule is COc1ccc([C@H](C)NC(=O)CNC(=O)c2ccc(Oc3ccccc3)cc2)cc1F. The van der Waals surface area contributed by atoms with Gasteiger partial charge < -0.3 is 20.1 Å². The van der Waals surface area contributed by atoms with Crippen LogP contribution in [0.5, 0.6) is 17.2 Å². The van der Waals surface area contributed by atoms with Crippen molar-refractivity contribution in [3.63, 3.8) is 0 Å². The summed E-state index contributed by atoms with van der Waals surface area (Å²) in [5.74, 6) is 0.151. The molecule has 0 unspecified atom stereocenters. The number of hydrogen-bond donors (Lipinski definition) is 2. The molecule has 0 spiro atoms. The fraction of sp³-hybridized carbons (Fsp3) is 0.167. The van der Waals surface area contributed by atoms with E-state index in [-0.39, 0.29) is 24.1 Å². The van der Waals surface area contributed by atoms with Crippen LogP contribution in [0, 0.1) is 5.82 Å². The lowest BCUT2D eigenvalue weighted by Crippen LogP contribution is -2.38. The zero-order valence-corrected chi connectivity index (χ0v) is 17.2. The number of amides is 2. The predicted molar refractivity (Wildman–Crippen MR) is 115 cm³/mol. The molecule has 0 saturated heterocycles. The van der Waals surface area contributed by atoms with Crippen molar-refractivity contribution in [2.24, 2.45) is 0 Å². The van der Waals surface area contributed by atoms with Gasteiger partial charge in [0.25, 0.3) is 5.91 Å². The minimum Gasteiger partial charge on any atom is -0.494 e. The van der Waals surface area contributed by atoms with E-state index >= 15 is 0 Å². The molecule has 160 valence electrons. The molecule has 2 N–H and O–H groups in total. The van der Waals surface area contributed by atoms with Crippen molar-refractivity contribution in [1.29, 1.82) is 0 Å². The van der Waals surface area contributed by atoms with E-state index in [1.165, 1.54) is 19.2 Å². The predicted octanol–water partition coefficient (Wildman–Crippen LogP) is 4.23. The summed E-state index contributed by atoms with van der Waals surface area (Å²) >= 11 is 0. The van der Waals surface area contributed by atoms with Crippen LogP contribution in [0.3, 0.4) is 0 Å². The summed E-state index contributed by atoms with van der Waals surface area (Å²) < 4.78 is 24.4. The van der Waals surface area contributed by atoms with Gasteiger partial charge in [0.15, 0.2) is 11.6 Å². The second-order valence-corrected chi connectivity index (χ2v) is 6.81. The smallest absolute Gasteiger partial charge is 0.251 e. The summed E-state index contributed by atoms with van der Waals surface area (Å²) in [6.45, 7) is 1.52. The van der Waals surface area contributed by atoms with Gasteiger partial charge in [-0.25, -0.2) is 4.39 Å². The van der Waals surface area contributed by atoms with Gasteiger partial charge >= 0.3 is 0 Å². The average molecular weight is 422 g/mol. The molecule has 0 radical (unpaired) electrons. The molecule has 0 aromatic heterocycles. The van der Waals surface area contributed by atoms with E-state index < -0.39 is 11.9 Å². The van der Waals surface area contributed by atoms with Crippen LogP contribution in [0.15, 0.2) is 72.8 Å². The lowest BCUT2D eigenvalue weighted by molar-refractivity contribution is -0.120. The quantitative estimate of drug-likeness (QED) is 0.570. The number of halogens is 1. The Bertz CT molecular complexity index is 1040. The highest BCUT2D eigenvalue weighted by Gasteiger charge is 2.14. The first kappa shape index (κ1) is 21.8. The maximum Gasteiger partial charge on any atom is 0.251 e. The maximum absolute atomic E-state index is 13.8. The molecule has 6 nitrogen and oxygen atoms in total. The molecule has 0 bridgehead atoms.